The van der Waals surface area contributed by atoms with Crippen molar-refractivity contribution in [3.05, 3.63) is 100 Å². The Labute approximate surface area is 198 Å². The molecule has 0 saturated heterocycles. The number of rotatable bonds is 6. The normalized spacial score (nSPS) is 13.0. The maximum Gasteiger partial charge on any atom is 0.339 e. The van der Waals surface area contributed by atoms with E-state index >= 15 is 0 Å². The minimum Gasteiger partial charge on any atom is -0.465 e. The fourth-order valence-corrected chi connectivity index (χ4v) is 4.08. The Bertz CT molecular complexity index is 1220. The van der Waals surface area contributed by atoms with Gasteiger partial charge in [-0.05, 0) is 53.4 Å². The first kappa shape index (κ1) is 23.2. The van der Waals surface area contributed by atoms with Gasteiger partial charge in [0.2, 0.25) is 0 Å². The van der Waals surface area contributed by atoms with E-state index in [-0.39, 0.29) is 16.8 Å². The third kappa shape index (κ3) is 5.15. The number of nitrogens with zero attached hydrogens (tertiary/aromatic N) is 1. The van der Waals surface area contributed by atoms with Crippen molar-refractivity contribution in [2.75, 3.05) is 26.1 Å². The second kappa shape index (κ2) is 10.3. The van der Waals surface area contributed by atoms with Gasteiger partial charge in [0.1, 0.15) is 0 Å². The van der Waals surface area contributed by atoms with Crippen molar-refractivity contribution >= 4 is 23.5 Å². The van der Waals surface area contributed by atoms with Crippen LogP contribution >= 0.6 is 0 Å². The number of amides is 1. The molecule has 0 radical (unpaired) electrons. The zero-order valence-electron chi connectivity index (χ0n) is 19.2. The van der Waals surface area contributed by atoms with Crippen LogP contribution in [0.3, 0.4) is 0 Å². The Morgan fingerprint density at radius 1 is 0.853 bits per heavy atom. The molecule has 0 atom stereocenters. The zero-order chi connectivity index (χ0) is 24.1. The molecule has 7 heteroatoms. The maximum absolute atomic E-state index is 12.9. The summed E-state index contributed by atoms with van der Waals surface area (Å²) in [6, 6.07) is 20.2. The first-order valence-corrected chi connectivity index (χ1v) is 11.0. The highest BCUT2D eigenvalue weighted by Crippen LogP contribution is 2.22. The van der Waals surface area contributed by atoms with Gasteiger partial charge in [-0.2, -0.15) is 0 Å². The summed E-state index contributed by atoms with van der Waals surface area (Å²) in [5.74, 6) is -1.59. The summed E-state index contributed by atoms with van der Waals surface area (Å²) in [7, 11) is 2.51. The SMILES string of the molecule is COC(=O)c1ccc(C(=O)OC)c(NC(=O)c2ccc(CN3CCc4ccccc4C3)cc2)c1. The number of anilines is 1. The summed E-state index contributed by atoms with van der Waals surface area (Å²) in [4.78, 5) is 39.3. The number of fused-ring (bicyclic) bond motifs is 1. The number of nitrogens with one attached hydrogen (secondary N) is 1. The molecule has 1 amide bonds. The highest BCUT2D eigenvalue weighted by Gasteiger charge is 2.19. The van der Waals surface area contributed by atoms with Crippen molar-refractivity contribution in [1.29, 1.82) is 0 Å². The molecule has 1 aliphatic heterocycles. The van der Waals surface area contributed by atoms with Gasteiger partial charge < -0.3 is 14.8 Å². The van der Waals surface area contributed by atoms with E-state index in [0.717, 1.165) is 31.6 Å². The first-order valence-electron chi connectivity index (χ1n) is 11.0. The van der Waals surface area contributed by atoms with E-state index in [2.05, 4.69) is 34.5 Å². The van der Waals surface area contributed by atoms with E-state index in [1.807, 2.05) is 12.1 Å². The van der Waals surface area contributed by atoms with E-state index in [9.17, 15) is 14.4 Å². The molecule has 3 aromatic rings. The van der Waals surface area contributed by atoms with Crippen LogP contribution in [0.15, 0.2) is 66.7 Å². The quantitative estimate of drug-likeness (QED) is 0.561. The third-order valence-corrected chi connectivity index (χ3v) is 5.93. The van der Waals surface area contributed by atoms with E-state index in [4.69, 9.17) is 9.47 Å². The average Bonchev–Trinajstić information content (AvgIpc) is 2.88. The molecule has 0 saturated carbocycles. The van der Waals surface area contributed by atoms with Crippen LogP contribution in [0.4, 0.5) is 5.69 Å². The lowest BCUT2D eigenvalue weighted by Crippen LogP contribution is -2.29. The van der Waals surface area contributed by atoms with Gasteiger partial charge in [-0.3, -0.25) is 9.69 Å². The molecular weight excluding hydrogens is 432 g/mol. The highest BCUT2D eigenvalue weighted by atomic mass is 16.5. The fourth-order valence-electron chi connectivity index (χ4n) is 4.08. The monoisotopic (exact) mass is 458 g/mol. The lowest BCUT2D eigenvalue weighted by Gasteiger charge is -2.28. The average molecular weight is 459 g/mol. The van der Waals surface area contributed by atoms with Crippen molar-refractivity contribution in [2.45, 2.75) is 19.5 Å². The molecule has 0 aliphatic carbocycles. The number of benzene rings is 3. The molecule has 34 heavy (non-hydrogen) atoms. The molecular formula is C27H26N2O5. The number of carbonyl (C=O) groups excluding carboxylic acids is 3. The van der Waals surface area contributed by atoms with Crippen LogP contribution < -0.4 is 5.32 Å². The van der Waals surface area contributed by atoms with Gasteiger partial charge >= 0.3 is 11.9 Å². The summed E-state index contributed by atoms with van der Waals surface area (Å²) in [5, 5.41) is 2.72. The molecule has 1 N–H and O–H groups in total. The molecule has 0 bridgehead atoms. The van der Waals surface area contributed by atoms with Crippen LogP contribution in [0.1, 0.15) is 47.8 Å². The van der Waals surface area contributed by atoms with Gasteiger partial charge in [-0.15, -0.1) is 0 Å². The Hall–Kier alpha value is -3.97. The molecule has 1 heterocycles. The zero-order valence-corrected chi connectivity index (χ0v) is 19.2. The van der Waals surface area contributed by atoms with Crippen LogP contribution in [-0.2, 0) is 29.0 Å². The summed E-state index contributed by atoms with van der Waals surface area (Å²) in [5.41, 5.74) is 4.85. The Kier molecular flexibility index (Phi) is 7.04. The molecule has 0 spiro atoms. The van der Waals surface area contributed by atoms with Gasteiger partial charge in [0, 0.05) is 25.2 Å². The summed E-state index contributed by atoms with van der Waals surface area (Å²) in [6.07, 6.45) is 1.03. The second-order valence-corrected chi connectivity index (χ2v) is 8.12. The summed E-state index contributed by atoms with van der Waals surface area (Å²) < 4.78 is 9.52. The summed E-state index contributed by atoms with van der Waals surface area (Å²) in [6.45, 7) is 2.70. The molecule has 174 valence electrons. The van der Waals surface area contributed by atoms with Crippen molar-refractivity contribution in [2.24, 2.45) is 0 Å². The summed E-state index contributed by atoms with van der Waals surface area (Å²) >= 11 is 0. The number of ether oxygens (including phenoxy) is 2. The number of methoxy groups -OCH3 is 2. The van der Waals surface area contributed by atoms with Crippen molar-refractivity contribution < 1.29 is 23.9 Å². The molecule has 0 aromatic heterocycles. The van der Waals surface area contributed by atoms with Gasteiger partial charge in [0.15, 0.2) is 0 Å². The second-order valence-electron chi connectivity index (χ2n) is 8.12. The van der Waals surface area contributed by atoms with Gasteiger partial charge in [0.25, 0.3) is 5.91 Å². The van der Waals surface area contributed by atoms with E-state index < -0.39 is 17.8 Å². The van der Waals surface area contributed by atoms with Gasteiger partial charge in [0.05, 0.1) is 31.0 Å². The molecule has 1 aliphatic rings. The highest BCUT2D eigenvalue weighted by molar-refractivity contribution is 6.09. The molecule has 3 aromatic carbocycles. The van der Waals surface area contributed by atoms with Crippen LogP contribution in [0, 0.1) is 0 Å². The minimum atomic E-state index is -0.620. The predicted molar refractivity (Wildman–Crippen MR) is 128 cm³/mol. The van der Waals surface area contributed by atoms with Crippen molar-refractivity contribution in [3.8, 4) is 0 Å². The lowest BCUT2D eigenvalue weighted by molar-refractivity contribution is 0.0587. The number of hydrogen-bond donors (Lipinski definition) is 1. The lowest BCUT2D eigenvalue weighted by atomic mass is 9.99. The Balaban J connectivity index is 1.46. The minimum absolute atomic E-state index is 0.144. The number of hydrogen-bond acceptors (Lipinski definition) is 6. The third-order valence-electron chi connectivity index (χ3n) is 5.93. The van der Waals surface area contributed by atoms with Gasteiger partial charge in [-0.1, -0.05) is 36.4 Å². The predicted octanol–water partition coefficient (Wildman–Crippen LogP) is 4.07. The largest absolute Gasteiger partial charge is 0.465 e. The fraction of sp³-hybridized carbons (Fsp3) is 0.222. The molecule has 7 nitrogen and oxygen atoms in total. The Morgan fingerprint density at radius 3 is 2.24 bits per heavy atom. The number of esters is 2. The number of carbonyl (C=O) groups is 3. The van der Waals surface area contributed by atoms with Crippen LogP contribution in [0.5, 0.6) is 0 Å². The van der Waals surface area contributed by atoms with Crippen molar-refractivity contribution in [1.82, 2.24) is 4.90 Å². The Morgan fingerprint density at radius 2 is 1.53 bits per heavy atom. The maximum atomic E-state index is 12.9. The first-order chi connectivity index (χ1) is 16.5. The van der Waals surface area contributed by atoms with E-state index in [1.165, 1.54) is 43.5 Å². The van der Waals surface area contributed by atoms with Crippen molar-refractivity contribution in [3.63, 3.8) is 0 Å². The van der Waals surface area contributed by atoms with Crippen LogP contribution in [-0.4, -0.2) is 43.5 Å². The van der Waals surface area contributed by atoms with Crippen LogP contribution in [0.2, 0.25) is 0 Å². The smallest absolute Gasteiger partial charge is 0.339 e. The molecule has 0 unspecified atom stereocenters. The van der Waals surface area contributed by atoms with Crippen LogP contribution in [0.25, 0.3) is 0 Å². The molecule has 4 rings (SSSR count). The van der Waals surface area contributed by atoms with E-state index in [1.54, 1.807) is 12.1 Å². The van der Waals surface area contributed by atoms with Gasteiger partial charge in [-0.25, -0.2) is 9.59 Å². The molecule has 0 fully saturated rings. The standard InChI is InChI=1S/C27H26N2O5/c1-33-26(31)21-11-12-23(27(32)34-2)24(15-21)28-25(30)20-9-7-18(8-10-20)16-29-14-13-19-5-3-4-6-22(19)17-29/h3-12,15H,13-14,16-17H2,1-2H3,(H,28,30). The van der Waals surface area contributed by atoms with E-state index in [0.29, 0.717) is 5.56 Å². The topological polar surface area (TPSA) is 84.9 Å².